The Hall–Kier alpha value is 0.234. The summed E-state index contributed by atoms with van der Waals surface area (Å²) in [5.74, 6) is 0. The van der Waals surface area contributed by atoms with Crippen molar-refractivity contribution in [2.24, 2.45) is 0 Å². The quantitative estimate of drug-likeness (QED) is 0.645. The van der Waals surface area contributed by atoms with E-state index in [1.165, 1.54) is 0 Å². The van der Waals surface area contributed by atoms with Crippen molar-refractivity contribution >= 4 is 17.4 Å². The van der Waals surface area contributed by atoms with E-state index in [-0.39, 0.29) is 0 Å². The molecule has 0 spiro atoms. The highest BCUT2D eigenvalue weighted by Crippen LogP contribution is 2.10. The maximum absolute atomic E-state index is 5.39. The molecule has 0 unspecified atom stereocenters. The number of hydrogen-bond donors (Lipinski definition) is 0. The van der Waals surface area contributed by atoms with Gasteiger partial charge in [0.2, 0.25) is 0 Å². The average Bonchev–Trinajstić information content (AvgIpc) is 2.33. The minimum atomic E-state index is -2.19. The average molecular weight is 299 g/mol. The van der Waals surface area contributed by atoms with E-state index in [9.17, 15) is 0 Å². The first-order chi connectivity index (χ1) is 8.36. The van der Waals surface area contributed by atoms with Gasteiger partial charge >= 0.3 is 17.4 Å². The van der Waals surface area contributed by atoms with Gasteiger partial charge in [0, 0.05) is 40.6 Å². The van der Waals surface area contributed by atoms with Crippen molar-refractivity contribution in [3.05, 3.63) is 0 Å². The van der Waals surface area contributed by atoms with Crippen molar-refractivity contribution in [3.63, 3.8) is 0 Å². The lowest BCUT2D eigenvalue weighted by Crippen LogP contribution is -2.41. The Morgan fingerprint density at radius 3 is 1.17 bits per heavy atom. The molecule has 18 heavy (non-hydrogen) atoms. The summed E-state index contributed by atoms with van der Waals surface area (Å²) in [6, 6.07) is 0.816. The molecule has 0 saturated heterocycles. The van der Waals surface area contributed by atoms with Gasteiger partial charge in [-0.05, 0) is 26.9 Å². The summed E-state index contributed by atoms with van der Waals surface area (Å²) in [7, 11) is 0.947. The highest BCUT2D eigenvalue weighted by atomic mass is 28.4. The Kier molecular flexibility index (Phi) is 12.7. The topological polar surface area (TPSA) is 46.2 Å². The Morgan fingerprint density at radius 1 is 0.722 bits per heavy atom. The summed E-state index contributed by atoms with van der Waals surface area (Å²) in [6.45, 7) is 11.6. The molecule has 0 fully saturated rings. The SMILES string of the molecule is CCO[Si](C)(C)OCC.CC[Si](OC)(OC)OC. The molecule has 0 aliphatic rings. The Bertz CT molecular complexity index is 161. The molecule has 0 N–H and O–H groups in total. The predicted molar refractivity (Wildman–Crippen MR) is 78.0 cm³/mol. The molecule has 0 rings (SSSR count). The first kappa shape index (κ1) is 20.5. The molecule has 0 bridgehead atoms. The largest absolute Gasteiger partial charge is 0.499 e. The summed E-state index contributed by atoms with van der Waals surface area (Å²) >= 11 is 0. The molecule has 0 aromatic heterocycles. The zero-order chi connectivity index (χ0) is 14.7. The Labute approximate surface area is 114 Å². The van der Waals surface area contributed by atoms with Crippen LogP contribution in [0.25, 0.3) is 0 Å². The summed E-state index contributed by atoms with van der Waals surface area (Å²) in [5, 5.41) is 0. The Balaban J connectivity index is 0. The van der Waals surface area contributed by atoms with Crippen molar-refractivity contribution in [2.75, 3.05) is 34.5 Å². The minimum Gasteiger partial charge on any atom is -0.395 e. The van der Waals surface area contributed by atoms with Crippen LogP contribution < -0.4 is 0 Å². The molecule has 0 aromatic rings. The third kappa shape index (κ3) is 9.20. The van der Waals surface area contributed by atoms with Crippen molar-refractivity contribution in [3.8, 4) is 0 Å². The molecule has 112 valence electrons. The lowest BCUT2D eigenvalue weighted by Gasteiger charge is -2.22. The molecule has 0 radical (unpaired) electrons. The molecule has 0 heterocycles. The molecule has 0 aliphatic heterocycles. The fourth-order valence-corrected chi connectivity index (χ4v) is 4.26. The standard InChI is InChI=1S/C6H16O2Si.C5H14O3Si/c1-5-7-9(3,4)8-6-2;1-5-9(6-2,7-3)8-4/h5-6H2,1-4H3;5H2,1-4H3. The van der Waals surface area contributed by atoms with Gasteiger partial charge in [-0.2, -0.15) is 0 Å². The minimum absolute atomic E-state index is 0.763. The van der Waals surface area contributed by atoms with E-state index >= 15 is 0 Å². The summed E-state index contributed by atoms with van der Waals surface area (Å²) in [5.41, 5.74) is 0. The lowest BCUT2D eigenvalue weighted by molar-refractivity contribution is 0.125. The first-order valence-corrected chi connectivity index (χ1v) is 11.0. The van der Waals surface area contributed by atoms with Crippen molar-refractivity contribution in [1.82, 2.24) is 0 Å². The molecule has 0 saturated carbocycles. The molecule has 0 atom stereocenters. The molecular weight excluding hydrogens is 268 g/mol. The summed E-state index contributed by atoms with van der Waals surface area (Å²) < 4.78 is 26.0. The predicted octanol–water partition coefficient (Wildman–Crippen LogP) is 2.65. The van der Waals surface area contributed by atoms with Gasteiger partial charge in [-0.15, -0.1) is 0 Å². The fourth-order valence-electron chi connectivity index (χ4n) is 1.42. The van der Waals surface area contributed by atoms with Crippen LogP contribution in [0.5, 0.6) is 0 Å². The van der Waals surface area contributed by atoms with Crippen LogP contribution in [0.1, 0.15) is 20.8 Å². The third-order valence-corrected chi connectivity index (χ3v) is 7.05. The van der Waals surface area contributed by atoms with Crippen LogP contribution in [-0.2, 0) is 22.1 Å². The van der Waals surface area contributed by atoms with E-state index in [1.54, 1.807) is 21.3 Å². The van der Waals surface area contributed by atoms with E-state index in [4.69, 9.17) is 22.1 Å². The molecule has 0 aliphatic carbocycles. The second kappa shape index (κ2) is 11.1. The van der Waals surface area contributed by atoms with Gasteiger partial charge in [-0.1, -0.05) is 6.92 Å². The van der Waals surface area contributed by atoms with Crippen LogP contribution in [-0.4, -0.2) is 51.9 Å². The van der Waals surface area contributed by atoms with Crippen LogP contribution in [0, 0.1) is 0 Å². The zero-order valence-electron chi connectivity index (χ0n) is 13.2. The second-order valence-electron chi connectivity index (χ2n) is 3.91. The normalized spacial score (nSPS) is 12.0. The maximum Gasteiger partial charge on any atom is 0.499 e. The Morgan fingerprint density at radius 2 is 1.06 bits per heavy atom. The van der Waals surface area contributed by atoms with Gasteiger partial charge in [0.25, 0.3) is 0 Å². The molecule has 0 amide bonds. The summed E-state index contributed by atoms with van der Waals surface area (Å²) in [6.07, 6.45) is 0. The van der Waals surface area contributed by atoms with Gasteiger partial charge in [0.05, 0.1) is 0 Å². The molecular formula is C11H30O5Si2. The first-order valence-electron chi connectivity index (χ1n) is 6.30. The second-order valence-corrected chi connectivity index (χ2v) is 10.6. The molecule has 0 aromatic carbocycles. The van der Waals surface area contributed by atoms with Gasteiger partial charge in [0.15, 0.2) is 0 Å². The van der Waals surface area contributed by atoms with Crippen molar-refractivity contribution in [2.45, 2.75) is 39.9 Å². The van der Waals surface area contributed by atoms with Gasteiger partial charge in [0.1, 0.15) is 0 Å². The van der Waals surface area contributed by atoms with E-state index < -0.39 is 17.4 Å². The smallest absolute Gasteiger partial charge is 0.395 e. The van der Waals surface area contributed by atoms with E-state index in [2.05, 4.69) is 13.1 Å². The van der Waals surface area contributed by atoms with Gasteiger partial charge in [-0.3, -0.25) is 0 Å². The van der Waals surface area contributed by atoms with Gasteiger partial charge < -0.3 is 22.1 Å². The fraction of sp³-hybridized carbons (Fsp3) is 1.00. The van der Waals surface area contributed by atoms with Crippen molar-refractivity contribution in [1.29, 1.82) is 0 Å². The highest BCUT2D eigenvalue weighted by molar-refractivity contribution is 6.64. The van der Waals surface area contributed by atoms with E-state index in [1.807, 2.05) is 20.8 Å². The van der Waals surface area contributed by atoms with Crippen molar-refractivity contribution < 1.29 is 22.1 Å². The molecule has 5 nitrogen and oxygen atoms in total. The highest BCUT2D eigenvalue weighted by Gasteiger charge is 2.34. The zero-order valence-corrected chi connectivity index (χ0v) is 15.2. The van der Waals surface area contributed by atoms with Crippen LogP contribution >= 0.6 is 0 Å². The van der Waals surface area contributed by atoms with Crippen LogP contribution in [0.15, 0.2) is 0 Å². The summed E-state index contributed by atoms with van der Waals surface area (Å²) in [4.78, 5) is 0. The van der Waals surface area contributed by atoms with Crippen LogP contribution in [0.3, 0.4) is 0 Å². The number of rotatable bonds is 8. The third-order valence-electron chi connectivity index (χ3n) is 2.35. The molecule has 7 heteroatoms. The maximum atomic E-state index is 5.39. The van der Waals surface area contributed by atoms with Gasteiger partial charge in [-0.25, -0.2) is 0 Å². The van der Waals surface area contributed by atoms with Crippen LogP contribution in [0.2, 0.25) is 19.1 Å². The van der Waals surface area contributed by atoms with E-state index in [0.29, 0.717) is 0 Å². The van der Waals surface area contributed by atoms with Crippen LogP contribution in [0.4, 0.5) is 0 Å². The van der Waals surface area contributed by atoms with E-state index in [0.717, 1.165) is 19.3 Å². The monoisotopic (exact) mass is 298 g/mol. The number of hydrogen-bond acceptors (Lipinski definition) is 5. The lowest BCUT2D eigenvalue weighted by atomic mass is 10.9.